The van der Waals surface area contributed by atoms with Gasteiger partial charge in [0.15, 0.2) is 0 Å². The molecular formula is CeO2SbSn. The molecule has 0 atom stereocenters. The molecule has 0 unspecified atom stereocenters. The van der Waals surface area contributed by atoms with Gasteiger partial charge in [-0.15, -0.1) is 0 Å². The first kappa shape index (κ1) is 15.6. The van der Waals surface area contributed by atoms with Crippen LogP contribution in [0.3, 0.4) is 0 Å². The third kappa shape index (κ3) is 20.7. The van der Waals surface area contributed by atoms with Crippen molar-refractivity contribution in [3.8, 4) is 0 Å². The minimum atomic E-state index is -2.27. The molecule has 0 aliphatic heterocycles. The molecule has 0 rings (SSSR count). The van der Waals surface area contributed by atoms with E-state index in [0.29, 0.717) is 0 Å². The Labute approximate surface area is 91.3 Å². The fourth-order valence-corrected chi connectivity index (χ4v) is 0. The van der Waals surface area contributed by atoms with Crippen molar-refractivity contribution < 1.29 is 47.9 Å². The van der Waals surface area contributed by atoms with E-state index in [1.165, 1.54) is 0 Å². The van der Waals surface area contributed by atoms with E-state index in [1.807, 2.05) is 0 Å². The Bertz CT molecular complexity index is 30.6. The molecule has 0 aromatic heterocycles. The van der Waals surface area contributed by atoms with Gasteiger partial charge in [0, 0.05) is 66.2 Å². The molecule has 0 aliphatic rings. The van der Waals surface area contributed by atoms with E-state index in [4.69, 9.17) is 6.15 Å². The molecule has 2 nitrogen and oxygen atoms in total. The number of hydrogen-bond donors (Lipinski definition) is 0. The minimum absolute atomic E-state index is 0. The fourth-order valence-electron chi connectivity index (χ4n) is 0. The van der Waals surface area contributed by atoms with Crippen molar-refractivity contribution in [3.05, 3.63) is 0 Å². The van der Waals surface area contributed by atoms with Crippen LogP contribution in [0.4, 0.5) is 0 Å². The van der Waals surface area contributed by atoms with Crippen LogP contribution in [0, 0.1) is 41.7 Å². The first-order valence-electron chi connectivity index (χ1n) is 0.408. The van der Waals surface area contributed by atoms with Gasteiger partial charge in [0.2, 0.25) is 0 Å². The van der Waals surface area contributed by atoms with E-state index in [1.54, 1.807) is 0 Å². The molecule has 0 spiro atoms. The van der Waals surface area contributed by atoms with E-state index in [2.05, 4.69) is 0 Å². The molecule has 0 bridgehead atoms. The van der Waals surface area contributed by atoms with Gasteiger partial charge in [-0.25, -0.2) is 0 Å². The van der Waals surface area contributed by atoms with E-state index >= 15 is 0 Å². The zero-order valence-electron chi connectivity index (χ0n) is 2.26. The van der Waals surface area contributed by atoms with Gasteiger partial charge in [-0.3, -0.25) is 0 Å². The molecule has 0 saturated carbocycles. The van der Waals surface area contributed by atoms with Crippen molar-refractivity contribution in [1.29, 1.82) is 0 Å². The zero-order valence-corrected chi connectivity index (χ0v) is 10.8. The molecule has 0 aromatic carbocycles. The van der Waals surface area contributed by atoms with Gasteiger partial charge in [-0.05, 0) is 0 Å². The Morgan fingerprint density at radius 1 is 1.20 bits per heavy atom. The maximum Gasteiger partial charge on any atom is 0 e. The Morgan fingerprint density at radius 3 is 1.20 bits per heavy atom. The standard InChI is InChI=1S/Ce.2O.Sb.Sn. The Hall–Kier alpha value is 2.59. The Morgan fingerprint density at radius 2 is 1.20 bits per heavy atom. The summed E-state index contributed by atoms with van der Waals surface area (Å²) in [6, 6.07) is 0. The second-order valence-electron chi connectivity index (χ2n) is 0.0833. The van der Waals surface area contributed by atoms with Crippen molar-refractivity contribution in [2.45, 2.75) is 0 Å². The fraction of sp³-hybridized carbons (Fsp3) is 0. The topological polar surface area (TPSA) is 34.1 Å². The monoisotopic (exact) mass is 413 g/mol. The first-order chi connectivity index (χ1) is 1.41. The maximum atomic E-state index is 8.54. The summed E-state index contributed by atoms with van der Waals surface area (Å²) in [7, 11) is 0. The molecule has 5 heteroatoms. The summed E-state index contributed by atoms with van der Waals surface area (Å²) < 4.78 is 17.1. The Balaban J connectivity index is -0.0000000200. The van der Waals surface area contributed by atoms with Gasteiger partial charge in [-0.1, -0.05) is 0 Å². The summed E-state index contributed by atoms with van der Waals surface area (Å²) >= 11 is -2.27. The average molecular weight is 413 g/mol. The van der Waals surface area contributed by atoms with Crippen molar-refractivity contribution in [2.75, 3.05) is 0 Å². The van der Waals surface area contributed by atoms with E-state index in [-0.39, 0.29) is 66.2 Å². The summed E-state index contributed by atoms with van der Waals surface area (Å²) in [6.45, 7) is 0. The molecule has 0 aromatic rings. The first-order valence-corrected chi connectivity index (χ1v) is 2.74. The van der Waals surface area contributed by atoms with Crippen LogP contribution in [0.2, 0.25) is 0 Å². The largest absolute Gasteiger partial charge is 0 e. The van der Waals surface area contributed by atoms with Crippen LogP contribution in [0.15, 0.2) is 0 Å². The summed E-state index contributed by atoms with van der Waals surface area (Å²) in [5, 5.41) is 0. The predicted molar refractivity (Wildman–Crippen MR) is 12.9 cm³/mol. The molecule has 0 saturated heterocycles. The molecule has 0 heterocycles. The molecule has 0 amide bonds. The molecule has 25 valence electrons. The summed E-state index contributed by atoms with van der Waals surface area (Å²) in [5.74, 6) is 0. The van der Waals surface area contributed by atoms with Crippen LogP contribution in [0.1, 0.15) is 0 Å². The third-order valence-corrected chi connectivity index (χ3v) is 0. The van der Waals surface area contributed by atoms with Crippen molar-refractivity contribution in [3.63, 3.8) is 0 Å². The predicted octanol–water partition coefficient (Wildman–Crippen LogP) is -0.999. The molecule has 0 fully saturated rings. The van der Waals surface area contributed by atoms with Crippen LogP contribution in [0.5, 0.6) is 0 Å². The van der Waals surface area contributed by atoms with Crippen LogP contribution in [-0.2, 0) is 6.15 Å². The van der Waals surface area contributed by atoms with Gasteiger partial charge in [0.05, 0.1) is 0 Å². The van der Waals surface area contributed by atoms with Gasteiger partial charge >= 0.3 is 27.3 Å². The minimum Gasteiger partial charge on any atom is 0 e. The number of rotatable bonds is 0. The summed E-state index contributed by atoms with van der Waals surface area (Å²) in [6.07, 6.45) is 0. The van der Waals surface area contributed by atoms with E-state index in [0.717, 1.165) is 0 Å². The van der Waals surface area contributed by atoms with Gasteiger partial charge in [-0.2, -0.15) is 0 Å². The molecule has 0 aliphatic carbocycles. The second-order valence-corrected chi connectivity index (χ2v) is 0.559. The van der Waals surface area contributed by atoms with Gasteiger partial charge in [0.1, 0.15) is 0 Å². The molecule has 0 N–H and O–H groups in total. The van der Waals surface area contributed by atoms with Crippen LogP contribution >= 0.6 is 0 Å². The second kappa shape index (κ2) is 16.0. The van der Waals surface area contributed by atoms with Crippen molar-refractivity contribution in [1.82, 2.24) is 0 Å². The van der Waals surface area contributed by atoms with Crippen LogP contribution < -0.4 is 0 Å². The quantitative estimate of drug-likeness (QED) is 0.479. The Kier molecular flexibility index (Phi) is 50.0. The van der Waals surface area contributed by atoms with Crippen molar-refractivity contribution >= 4 is 45.5 Å². The smallest absolute Gasteiger partial charge is 0 e. The van der Waals surface area contributed by atoms with Crippen molar-refractivity contribution in [2.24, 2.45) is 0 Å². The SMILES string of the molecule is [Ce].[O]=[Sn]=[O].[Sb]. The summed E-state index contributed by atoms with van der Waals surface area (Å²) in [5.41, 5.74) is 0. The maximum absolute atomic E-state index is 8.54. The summed E-state index contributed by atoms with van der Waals surface area (Å²) in [4.78, 5) is 0. The molecule has 5 heavy (non-hydrogen) atoms. The van der Waals surface area contributed by atoms with E-state index in [9.17, 15) is 0 Å². The number of hydrogen-bond acceptors (Lipinski definition) is 2. The normalized spacial score (nSPS) is 1.60. The zero-order chi connectivity index (χ0) is 2.71. The van der Waals surface area contributed by atoms with Gasteiger partial charge in [0.25, 0.3) is 0 Å². The average Bonchev–Trinajstić information content (AvgIpc) is 0.918. The van der Waals surface area contributed by atoms with Crippen LogP contribution in [0.25, 0.3) is 0 Å². The third-order valence-electron chi connectivity index (χ3n) is 0. The molecule has 3 radical (unpaired) electrons. The molecular weight excluding hydrogens is 413 g/mol. The van der Waals surface area contributed by atoms with Crippen LogP contribution in [-0.4, -0.2) is 45.5 Å². The van der Waals surface area contributed by atoms with Gasteiger partial charge < -0.3 is 0 Å². The van der Waals surface area contributed by atoms with E-state index < -0.39 is 21.1 Å².